The second kappa shape index (κ2) is 6.55. The highest BCUT2D eigenvalue weighted by Crippen LogP contribution is 2.28. The van der Waals surface area contributed by atoms with Crippen LogP contribution < -0.4 is 15.2 Å². The summed E-state index contributed by atoms with van der Waals surface area (Å²) in [5.74, 6) is 0.948. The van der Waals surface area contributed by atoms with Crippen molar-refractivity contribution in [2.24, 2.45) is 5.14 Å². The van der Waals surface area contributed by atoms with Crippen LogP contribution in [0.2, 0.25) is 0 Å². The number of hydrogen-bond acceptors (Lipinski definition) is 4. The molecule has 0 spiro atoms. The lowest BCUT2D eigenvalue weighted by Crippen LogP contribution is -2.32. The average Bonchev–Trinajstić information content (AvgIpc) is 2.94. The van der Waals surface area contributed by atoms with Crippen LogP contribution in [0.1, 0.15) is 29.7 Å². The predicted octanol–water partition coefficient (Wildman–Crippen LogP) is 2.30. The minimum Gasteiger partial charge on any atom is -0.488 e. The van der Waals surface area contributed by atoms with Crippen LogP contribution in [0.15, 0.2) is 47.4 Å². The van der Waals surface area contributed by atoms with Crippen molar-refractivity contribution in [3.05, 3.63) is 59.2 Å². The first-order chi connectivity index (χ1) is 11.3. The quantitative estimate of drug-likeness (QED) is 0.870. The van der Waals surface area contributed by atoms with Crippen molar-refractivity contribution >= 4 is 10.0 Å². The Balaban J connectivity index is 1.65. The predicted molar refractivity (Wildman–Crippen MR) is 93.5 cm³/mol. The van der Waals surface area contributed by atoms with Crippen LogP contribution in [-0.4, -0.2) is 21.1 Å². The summed E-state index contributed by atoms with van der Waals surface area (Å²) < 4.78 is 29.2. The Bertz CT molecular complexity index is 824. The van der Waals surface area contributed by atoms with Gasteiger partial charge in [0.1, 0.15) is 11.9 Å². The van der Waals surface area contributed by atoms with Gasteiger partial charge in [-0.1, -0.05) is 30.3 Å². The third-order valence-electron chi connectivity index (χ3n) is 4.38. The fourth-order valence-electron chi connectivity index (χ4n) is 2.99. The second-order valence-electron chi connectivity index (χ2n) is 6.25. The second-order valence-corrected chi connectivity index (χ2v) is 7.78. The molecule has 24 heavy (non-hydrogen) atoms. The summed E-state index contributed by atoms with van der Waals surface area (Å²) in [5.41, 5.74) is 2.77. The van der Waals surface area contributed by atoms with Crippen LogP contribution in [0.5, 0.6) is 5.75 Å². The number of para-hydroxylation sites is 1. The SMILES string of the molecule is Cc1ccc(C(C)NCC2Cc3ccccc3O2)cc1S(N)(=O)=O. The van der Waals surface area contributed by atoms with Crippen LogP contribution in [0, 0.1) is 6.92 Å². The number of aryl methyl sites for hydroxylation is 1. The Hall–Kier alpha value is -1.89. The minimum absolute atomic E-state index is 0.00147. The van der Waals surface area contributed by atoms with Crippen LogP contribution in [0.3, 0.4) is 0 Å². The smallest absolute Gasteiger partial charge is 0.238 e. The topological polar surface area (TPSA) is 81.4 Å². The molecule has 128 valence electrons. The zero-order valence-corrected chi connectivity index (χ0v) is 14.6. The molecular weight excluding hydrogens is 324 g/mol. The van der Waals surface area contributed by atoms with Crippen LogP contribution in [0.4, 0.5) is 0 Å². The maximum Gasteiger partial charge on any atom is 0.238 e. The third-order valence-corrected chi connectivity index (χ3v) is 5.44. The summed E-state index contributed by atoms with van der Waals surface area (Å²) in [6, 6.07) is 13.4. The maximum atomic E-state index is 11.7. The van der Waals surface area contributed by atoms with E-state index < -0.39 is 10.0 Å². The molecule has 0 fully saturated rings. The van der Waals surface area contributed by atoms with E-state index in [4.69, 9.17) is 9.88 Å². The lowest BCUT2D eigenvalue weighted by atomic mass is 10.1. The average molecular weight is 346 g/mol. The number of nitrogens with two attached hydrogens (primary N) is 1. The van der Waals surface area contributed by atoms with Gasteiger partial charge < -0.3 is 10.1 Å². The van der Waals surface area contributed by atoms with Gasteiger partial charge in [0.05, 0.1) is 4.90 Å². The first kappa shape index (κ1) is 17.0. The van der Waals surface area contributed by atoms with Crippen molar-refractivity contribution in [2.75, 3.05) is 6.54 Å². The van der Waals surface area contributed by atoms with Crippen molar-refractivity contribution < 1.29 is 13.2 Å². The summed E-state index contributed by atoms with van der Waals surface area (Å²) in [5, 5.41) is 8.69. The Labute approximate surface area is 142 Å². The first-order valence-corrected chi connectivity index (χ1v) is 9.50. The van der Waals surface area contributed by atoms with Gasteiger partial charge >= 0.3 is 0 Å². The van der Waals surface area contributed by atoms with Gasteiger partial charge in [-0.2, -0.15) is 0 Å². The van der Waals surface area contributed by atoms with E-state index in [1.807, 2.05) is 31.2 Å². The van der Waals surface area contributed by atoms with Gasteiger partial charge in [-0.25, -0.2) is 13.6 Å². The van der Waals surface area contributed by atoms with Gasteiger partial charge in [0.15, 0.2) is 0 Å². The van der Waals surface area contributed by atoms with Gasteiger partial charge in [0, 0.05) is 19.0 Å². The molecule has 0 aromatic heterocycles. The lowest BCUT2D eigenvalue weighted by molar-refractivity contribution is 0.222. The Morgan fingerprint density at radius 3 is 2.75 bits per heavy atom. The van der Waals surface area contributed by atoms with Crippen molar-refractivity contribution in [2.45, 2.75) is 37.3 Å². The number of rotatable bonds is 5. The molecule has 2 atom stereocenters. The number of nitrogens with one attached hydrogen (secondary N) is 1. The van der Waals surface area contributed by atoms with Crippen molar-refractivity contribution in [1.82, 2.24) is 5.32 Å². The number of fused-ring (bicyclic) bond motifs is 1. The summed E-state index contributed by atoms with van der Waals surface area (Å²) in [6.45, 7) is 4.43. The third kappa shape index (κ3) is 3.61. The molecule has 0 aliphatic carbocycles. The molecule has 5 nitrogen and oxygen atoms in total. The molecule has 0 saturated carbocycles. The minimum atomic E-state index is -3.71. The van der Waals surface area contributed by atoms with Gasteiger partial charge in [-0.15, -0.1) is 0 Å². The number of benzene rings is 2. The van der Waals surface area contributed by atoms with E-state index in [1.165, 1.54) is 5.56 Å². The first-order valence-electron chi connectivity index (χ1n) is 7.96. The molecule has 0 bridgehead atoms. The molecule has 1 aliphatic rings. The summed E-state index contributed by atoms with van der Waals surface area (Å²) in [4.78, 5) is 0.179. The highest BCUT2D eigenvalue weighted by atomic mass is 32.2. The molecule has 2 aromatic carbocycles. The molecule has 2 aromatic rings. The maximum absolute atomic E-state index is 11.7. The van der Waals surface area contributed by atoms with E-state index in [-0.39, 0.29) is 17.0 Å². The normalized spacial score (nSPS) is 18.0. The number of sulfonamides is 1. The summed E-state index contributed by atoms with van der Waals surface area (Å²) in [6.07, 6.45) is 0.972. The fourth-order valence-corrected chi connectivity index (χ4v) is 3.80. The molecular formula is C18H22N2O3S. The number of hydrogen-bond donors (Lipinski definition) is 2. The molecule has 0 amide bonds. The van der Waals surface area contributed by atoms with E-state index in [9.17, 15) is 8.42 Å². The van der Waals surface area contributed by atoms with E-state index in [1.54, 1.807) is 19.1 Å². The van der Waals surface area contributed by atoms with E-state index in [0.29, 0.717) is 12.1 Å². The molecule has 1 aliphatic heterocycles. The van der Waals surface area contributed by atoms with E-state index >= 15 is 0 Å². The molecule has 6 heteroatoms. The van der Waals surface area contributed by atoms with Gasteiger partial charge in [0.25, 0.3) is 0 Å². The summed E-state index contributed by atoms with van der Waals surface area (Å²) in [7, 11) is -3.71. The van der Waals surface area contributed by atoms with Gasteiger partial charge in [0.2, 0.25) is 10.0 Å². The largest absolute Gasteiger partial charge is 0.488 e. The van der Waals surface area contributed by atoms with E-state index in [2.05, 4.69) is 11.4 Å². The van der Waals surface area contributed by atoms with Crippen LogP contribution in [-0.2, 0) is 16.4 Å². The van der Waals surface area contributed by atoms with Crippen LogP contribution in [0.25, 0.3) is 0 Å². The summed E-state index contributed by atoms with van der Waals surface area (Å²) >= 11 is 0. The zero-order chi connectivity index (χ0) is 17.3. The standard InChI is InChI=1S/C18H22N2O3S/c1-12-7-8-14(10-18(12)24(19,21)22)13(2)20-11-16-9-15-5-3-4-6-17(15)23-16/h3-8,10,13,16,20H,9,11H2,1-2H3,(H2,19,21,22). The Morgan fingerprint density at radius 1 is 1.29 bits per heavy atom. The van der Waals surface area contributed by atoms with Crippen molar-refractivity contribution in [1.29, 1.82) is 0 Å². The molecule has 2 unspecified atom stereocenters. The molecule has 0 radical (unpaired) electrons. The molecule has 0 saturated heterocycles. The fraction of sp³-hybridized carbons (Fsp3) is 0.333. The Kier molecular flexibility index (Phi) is 4.62. The number of ether oxygens (including phenoxy) is 1. The molecule has 1 heterocycles. The van der Waals surface area contributed by atoms with Crippen molar-refractivity contribution in [3.63, 3.8) is 0 Å². The van der Waals surface area contributed by atoms with Gasteiger partial charge in [-0.3, -0.25) is 0 Å². The highest BCUT2D eigenvalue weighted by molar-refractivity contribution is 7.89. The van der Waals surface area contributed by atoms with Crippen molar-refractivity contribution in [3.8, 4) is 5.75 Å². The van der Waals surface area contributed by atoms with E-state index in [0.717, 1.165) is 17.7 Å². The van der Waals surface area contributed by atoms with Gasteiger partial charge in [-0.05, 0) is 42.7 Å². The zero-order valence-electron chi connectivity index (χ0n) is 13.8. The molecule has 3 rings (SSSR count). The molecule has 3 N–H and O–H groups in total. The number of primary sulfonamides is 1. The van der Waals surface area contributed by atoms with Crippen LogP contribution >= 0.6 is 0 Å². The highest BCUT2D eigenvalue weighted by Gasteiger charge is 2.23. The Morgan fingerprint density at radius 2 is 2.04 bits per heavy atom. The lowest BCUT2D eigenvalue weighted by Gasteiger charge is -2.18. The monoisotopic (exact) mass is 346 g/mol.